The van der Waals surface area contributed by atoms with Crippen molar-refractivity contribution < 1.29 is 10.2 Å². The quantitative estimate of drug-likeness (QED) is 0.704. The molecule has 3 aliphatic rings. The first kappa shape index (κ1) is 19.1. The molecule has 2 saturated carbocycles. The second-order valence-corrected chi connectivity index (χ2v) is 9.91. The van der Waals surface area contributed by atoms with Crippen molar-refractivity contribution in [3.63, 3.8) is 0 Å². The number of hydrogen-bond donors (Lipinski definition) is 3. The van der Waals surface area contributed by atoms with Gasteiger partial charge in [-0.15, -0.1) is 0 Å². The molecular weight excluding hydrogens is 358 g/mol. The van der Waals surface area contributed by atoms with Gasteiger partial charge in [0.25, 0.3) is 0 Å². The summed E-state index contributed by atoms with van der Waals surface area (Å²) in [4.78, 5) is 0. The number of hydrogen-bond acceptors (Lipinski definition) is 3. The van der Waals surface area contributed by atoms with Gasteiger partial charge in [0, 0.05) is 18.5 Å². The normalized spacial score (nSPS) is 35.6. The second kappa shape index (κ2) is 7.14. The Morgan fingerprint density at radius 3 is 2.69 bits per heavy atom. The molecule has 29 heavy (non-hydrogen) atoms. The molecule has 3 nitrogen and oxygen atoms in total. The number of benzene rings is 2. The number of phenolic OH excluding ortho intramolecular Hbond substituents is 1. The number of aromatic hydroxyl groups is 1. The predicted octanol–water partition coefficient (Wildman–Crippen LogP) is 4.77. The Bertz CT molecular complexity index is 882. The molecule has 3 heteroatoms. The van der Waals surface area contributed by atoms with Gasteiger partial charge in [-0.3, -0.25) is 0 Å². The topological polar surface area (TPSA) is 52.5 Å². The van der Waals surface area contributed by atoms with Crippen molar-refractivity contribution in [1.29, 1.82) is 0 Å². The van der Waals surface area contributed by atoms with Crippen molar-refractivity contribution in [3.8, 4) is 5.75 Å². The number of nitrogens with one attached hydrogen (secondary N) is 1. The molecule has 2 aromatic carbocycles. The lowest BCUT2D eigenvalue weighted by atomic mass is 9.53. The molecule has 154 valence electrons. The van der Waals surface area contributed by atoms with E-state index in [-0.39, 0.29) is 5.41 Å². The molecule has 5 unspecified atom stereocenters. The number of aliphatic hydroxyl groups is 1. The lowest BCUT2D eigenvalue weighted by Crippen LogP contribution is -2.55. The Morgan fingerprint density at radius 2 is 1.86 bits per heavy atom. The van der Waals surface area contributed by atoms with E-state index in [0.717, 1.165) is 38.6 Å². The molecule has 3 aliphatic carbocycles. The maximum absolute atomic E-state index is 11.8. The average Bonchev–Trinajstić information content (AvgIpc) is 2.99. The first-order valence-electron chi connectivity index (χ1n) is 11.3. The van der Waals surface area contributed by atoms with Crippen LogP contribution in [0, 0.1) is 17.3 Å². The molecule has 0 amide bonds. The molecule has 5 atom stereocenters. The molecular formula is C26H33NO2. The van der Waals surface area contributed by atoms with Crippen molar-refractivity contribution in [2.75, 3.05) is 6.54 Å². The van der Waals surface area contributed by atoms with Crippen LogP contribution in [0.3, 0.4) is 0 Å². The number of rotatable bonds is 4. The summed E-state index contributed by atoms with van der Waals surface area (Å²) < 4.78 is 0. The molecule has 0 spiro atoms. The largest absolute Gasteiger partial charge is 0.508 e. The van der Waals surface area contributed by atoms with Crippen LogP contribution in [0.5, 0.6) is 5.75 Å². The van der Waals surface area contributed by atoms with Gasteiger partial charge in [-0.05, 0) is 85.1 Å². The highest BCUT2D eigenvalue weighted by molar-refractivity contribution is 5.40. The standard InChI is InChI=1S/C26H33NO2/c1-25-13-11-22-21-10-8-20(28)15-19(21)7-9-23(22)24(25)12-14-26(25,29)17-27-16-18-5-3-2-4-6-18/h2-6,8,10,15,22-24,27-29H,7,9,11-14,16-17H2,1H3. The van der Waals surface area contributed by atoms with E-state index in [1.165, 1.54) is 23.1 Å². The Labute approximate surface area is 174 Å². The average molecular weight is 392 g/mol. The molecule has 3 N–H and O–H groups in total. The Balaban J connectivity index is 1.32. The van der Waals surface area contributed by atoms with E-state index in [1.54, 1.807) is 0 Å². The van der Waals surface area contributed by atoms with E-state index in [0.29, 0.717) is 30.0 Å². The third-order valence-corrected chi connectivity index (χ3v) is 8.62. The van der Waals surface area contributed by atoms with Crippen molar-refractivity contribution in [2.24, 2.45) is 17.3 Å². The summed E-state index contributed by atoms with van der Waals surface area (Å²) in [6, 6.07) is 16.4. The Hall–Kier alpha value is -1.84. The van der Waals surface area contributed by atoms with Gasteiger partial charge in [0.05, 0.1) is 5.60 Å². The van der Waals surface area contributed by atoms with Crippen LogP contribution < -0.4 is 5.32 Å². The summed E-state index contributed by atoms with van der Waals surface area (Å²) in [6.45, 7) is 3.85. The fourth-order valence-corrected chi connectivity index (χ4v) is 6.98. The number of phenols is 1. The Morgan fingerprint density at radius 1 is 1.03 bits per heavy atom. The van der Waals surface area contributed by atoms with Crippen molar-refractivity contribution in [2.45, 2.75) is 63.5 Å². The lowest BCUT2D eigenvalue weighted by molar-refractivity contribution is -0.101. The first-order valence-corrected chi connectivity index (χ1v) is 11.3. The monoisotopic (exact) mass is 391 g/mol. The molecule has 2 fully saturated rings. The SMILES string of the molecule is CC12CCC3c4ccc(O)cc4CCC3C1CCC2(O)CNCc1ccccc1. The van der Waals surface area contributed by atoms with Crippen LogP contribution in [0.15, 0.2) is 48.5 Å². The fourth-order valence-electron chi connectivity index (χ4n) is 6.98. The van der Waals surface area contributed by atoms with Crippen molar-refractivity contribution >= 4 is 0 Å². The van der Waals surface area contributed by atoms with Crippen LogP contribution >= 0.6 is 0 Å². The second-order valence-electron chi connectivity index (χ2n) is 9.91. The van der Waals surface area contributed by atoms with Gasteiger partial charge in [0.2, 0.25) is 0 Å². The smallest absolute Gasteiger partial charge is 0.115 e. The van der Waals surface area contributed by atoms with E-state index in [9.17, 15) is 10.2 Å². The van der Waals surface area contributed by atoms with Crippen LogP contribution in [0.1, 0.15) is 61.6 Å². The maximum atomic E-state index is 11.8. The van der Waals surface area contributed by atoms with E-state index < -0.39 is 5.60 Å². The van der Waals surface area contributed by atoms with Crippen LogP contribution in [-0.2, 0) is 13.0 Å². The first-order chi connectivity index (χ1) is 14.0. The van der Waals surface area contributed by atoms with E-state index in [2.05, 4.69) is 42.6 Å². The van der Waals surface area contributed by atoms with E-state index in [4.69, 9.17) is 0 Å². The summed E-state index contributed by atoms with van der Waals surface area (Å²) in [7, 11) is 0. The zero-order valence-electron chi connectivity index (χ0n) is 17.4. The number of aryl methyl sites for hydroxylation is 1. The van der Waals surface area contributed by atoms with Gasteiger partial charge >= 0.3 is 0 Å². The predicted molar refractivity (Wildman–Crippen MR) is 116 cm³/mol. The minimum Gasteiger partial charge on any atom is -0.508 e. The third-order valence-electron chi connectivity index (χ3n) is 8.62. The highest BCUT2D eigenvalue weighted by Gasteiger charge is 2.61. The summed E-state index contributed by atoms with van der Waals surface area (Å²) in [6.07, 6.45) is 6.52. The highest BCUT2D eigenvalue weighted by Crippen LogP contribution is 2.64. The lowest BCUT2D eigenvalue weighted by Gasteiger charge is -2.53. The van der Waals surface area contributed by atoms with Crippen molar-refractivity contribution in [1.82, 2.24) is 5.32 Å². The molecule has 0 aromatic heterocycles. The molecule has 0 bridgehead atoms. The maximum Gasteiger partial charge on any atom is 0.115 e. The molecule has 2 aromatic rings. The minimum absolute atomic E-state index is 0.00766. The number of fused-ring (bicyclic) bond motifs is 5. The van der Waals surface area contributed by atoms with Crippen LogP contribution in [0.4, 0.5) is 0 Å². The summed E-state index contributed by atoms with van der Waals surface area (Å²) in [5.41, 5.74) is 3.44. The molecule has 0 heterocycles. The Kier molecular flexibility index (Phi) is 4.71. The van der Waals surface area contributed by atoms with Gasteiger partial charge < -0.3 is 15.5 Å². The summed E-state index contributed by atoms with van der Waals surface area (Å²) >= 11 is 0. The third kappa shape index (κ3) is 3.10. The minimum atomic E-state index is -0.618. The fraction of sp³-hybridized carbons (Fsp3) is 0.538. The zero-order chi connectivity index (χ0) is 20.1. The van der Waals surface area contributed by atoms with Crippen LogP contribution in [-0.4, -0.2) is 22.4 Å². The van der Waals surface area contributed by atoms with Gasteiger partial charge in [0.15, 0.2) is 0 Å². The molecule has 5 rings (SSSR count). The molecule has 0 aliphatic heterocycles. The van der Waals surface area contributed by atoms with Gasteiger partial charge in [-0.2, -0.15) is 0 Å². The van der Waals surface area contributed by atoms with E-state index in [1.807, 2.05) is 18.2 Å². The van der Waals surface area contributed by atoms with Crippen LogP contribution in [0.2, 0.25) is 0 Å². The van der Waals surface area contributed by atoms with Crippen LogP contribution in [0.25, 0.3) is 0 Å². The summed E-state index contributed by atoms with van der Waals surface area (Å²) in [5.74, 6) is 2.24. The molecule has 0 saturated heterocycles. The van der Waals surface area contributed by atoms with Crippen molar-refractivity contribution in [3.05, 3.63) is 65.2 Å². The van der Waals surface area contributed by atoms with Gasteiger partial charge in [0.1, 0.15) is 5.75 Å². The van der Waals surface area contributed by atoms with Gasteiger partial charge in [-0.25, -0.2) is 0 Å². The van der Waals surface area contributed by atoms with Gasteiger partial charge in [-0.1, -0.05) is 43.3 Å². The van der Waals surface area contributed by atoms with E-state index >= 15 is 0 Å². The highest BCUT2D eigenvalue weighted by atomic mass is 16.3. The molecule has 0 radical (unpaired) electrons. The zero-order valence-corrected chi connectivity index (χ0v) is 17.4. The summed E-state index contributed by atoms with van der Waals surface area (Å²) in [5, 5.41) is 25.2.